The van der Waals surface area contributed by atoms with Crippen LogP contribution < -0.4 is 19.5 Å². The molecule has 0 saturated carbocycles. The minimum absolute atomic E-state index is 0.0243. The van der Waals surface area contributed by atoms with Crippen LogP contribution >= 0.6 is 11.8 Å². The lowest BCUT2D eigenvalue weighted by Crippen LogP contribution is -2.25. The van der Waals surface area contributed by atoms with Crippen LogP contribution in [0.3, 0.4) is 0 Å². The summed E-state index contributed by atoms with van der Waals surface area (Å²) in [6.07, 6.45) is 0. The lowest BCUT2D eigenvalue weighted by atomic mass is 10.1. The molecule has 0 unspecified atom stereocenters. The average Bonchev–Trinajstić information content (AvgIpc) is 3.24. The number of carbonyl (C=O) groups excluding carboxylic acids is 1. The van der Waals surface area contributed by atoms with Gasteiger partial charge in [-0.1, -0.05) is 23.9 Å². The predicted octanol–water partition coefficient (Wildman–Crippen LogP) is 2.83. The van der Waals surface area contributed by atoms with Crippen LogP contribution in [0.25, 0.3) is 17.1 Å². The fourth-order valence-corrected chi connectivity index (χ4v) is 3.70. The number of hydrogen-bond acceptors (Lipinski definition) is 8. The van der Waals surface area contributed by atoms with Crippen molar-refractivity contribution in [1.82, 2.24) is 20.1 Å². The first kappa shape index (κ1) is 22.9. The molecule has 3 aromatic rings. The molecule has 1 aromatic heterocycles. The Morgan fingerprint density at radius 2 is 1.84 bits per heavy atom. The highest BCUT2D eigenvalue weighted by molar-refractivity contribution is 7.99. The maximum absolute atomic E-state index is 14.7. The van der Waals surface area contributed by atoms with Crippen LogP contribution in [0, 0.1) is 17.1 Å². The highest BCUT2D eigenvalue weighted by atomic mass is 32.2. The van der Waals surface area contributed by atoms with E-state index in [4.69, 9.17) is 19.5 Å². The zero-order valence-electron chi connectivity index (χ0n) is 17.6. The monoisotopic (exact) mass is 457 g/mol. The molecule has 1 N–H and O–H groups in total. The first-order valence-electron chi connectivity index (χ1n) is 9.31. The number of ether oxygens (including phenoxy) is 3. The van der Waals surface area contributed by atoms with Crippen molar-refractivity contribution in [3.63, 3.8) is 0 Å². The Morgan fingerprint density at radius 3 is 2.44 bits per heavy atom. The zero-order valence-corrected chi connectivity index (χ0v) is 18.4. The van der Waals surface area contributed by atoms with Gasteiger partial charge in [0.2, 0.25) is 11.7 Å². The number of nitrogens with one attached hydrogen (secondary N) is 1. The molecule has 2 aromatic carbocycles. The van der Waals surface area contributed by atoms with Gasteiger partial charge in [0.15, 0.2) is 22.5 Å². The molecule has 1 heterocycles. The van der Waals surface area contributed by atoms with E-state index in [-0.39, 0.29) is 23.9 Å². The topological polar surface area (TPSA) is 111 Å². The van der Waals surface area contributed by atoms with Crippen molar-refractivity contribution in [3.05, 3.63) is 42.2 Å². The van der Waals surface area contributed by atoms with Crippen molar-refractivity contribution in [1.29, 1.82) is 5.26 Å². The molecule has 0 aliphatic carbocycles. The Morgan fingerprint density at radius 1 is 1.16 bits per heavy atom. The summed E-state index contributed by atoms with van der Waals surface area (Å²) in [6.45, 7) is -0.101. The third-order valence-electron chi connectivity index (χ3n) is 4.35. The van der Waals surface area contributed by atoms with Crippen LogP contribution in [0.15, 0.2) is 41.6 Å². The molecule has 0 aliphatic rings. The molecule has 1 amide bonds. The molecule has 166 valence electrons. The highest BCUT2D eigenvalue weighted by Gasteiger charge is 2.22. The fraction of sp³-hybridized carbons (Fsp3) is 0.238. The SMILES string of the molecule is COc1cc(-c2nnc(SCC(=O)NCC#N)n2-c2ccccc2F)cc(OC)c1OC. The number of amides is 1. The van der Waals surface area contributed by atoms with Gasteiger partial charge >= 0.3 is 0 Å². The summed E-state index contributed by atoms with van der Waals surface area (Å²) in [7, 11) is 4.47. The summed E-state index contributed by atoms with van der Waals surface area (Å²) < 4.78 is 32.4. The summed E-state index contributed by atoms with van der Waals surface area (Å²) >= 11 is 1.07. The number of rotatable bonds is 9. The Hall–Kier alpha value is -3.78. The van der Waals surface area contributed by atoms with Crippen molar-refractivity contribution in [2.24, 2.45) is 0 Å². The van der Waals surface area contributed by atoms with E-state index in [0.717, 1.165) is 11.8 Å². The van der Waals surface area contributed by atoms with Gasteiger partial charge in [-0.2, -0.15) is 5.26 Å². The molecule has 3 rings (SSSR count). The Kier molecular flexibility index (Phi) is 7.51. The van der Waals surface area contributed by atoms with Gasteiger partial charge in [0.05, 0.1) is 38.8 Å². The van der Waals surface area contributed by atoms with E-state index in [1.54, 1.807) is 30.3 Å². The summed E-state index contributed by atoms with van der Waals surface area (Å²) in [5.74, 6) is 0.647. The number of carbonyl (C=O) groups is 1. The maximum atomic E-state index is 14.7. The van der Waals surface area contributed by atoms with Gasteiger partial charge in [0.1, 0.15) is 12.4 Å². The van der Waals surface area contributed by atoms with Crippen molar-refractivity contribution >= 4 is 17.7 Å². The van der Waals surface area contributed by atoms with Gasteiger partial charge in [-0.25, -0.2) is 4.39 Å². The first-order valence-corrected chi connectivity index (χ1v) is 10.3. The predicted molar refractivity (Wildman–Crippen MR) is 116 cm³/mol. The smallest absolute Gasteiger partial charge is 0.231 e. The molecular weight excluding hydrogens is 437 g/mol. The highest BCUT2D eigenvalue weighted by Crippen LogP contribution is 2.41. The molecule has 9 nitrogen and oxygen atoms in total. The molecule has 0 saturated heterocycles. The Labute approximate surface area is 188 Å². The number of benzene rings is 2. The van der Waals surface area contributed by atoms with Crippen LogP contribution in [0.5, 0.6) is 17.2 Å². The van der Waals surface area contributed by atoms with Crippen LogP contribution in [0.4, 0.5) is 4.39 Å². The number of thioether (sulfide) groups is 1. The second kappa shape index (κ2) is 10.5. The van der Waals surface area contributed by atoms with E-state index in [1.807, 2.05) is 6.07 Å². The standard InChI is InChI=1S/C21H20FN5O4S/c1-29-16-10-13(11-17(30-2)19(16)31-3)20-25-26-21(32-12-18(28)24-9-8-23)27(20)15-7-5-4-6-14(15)22/h4-7,10-11H,9,12H2,1-3H3,(H,24,28). The normalized spacial score (nSPS) is 10.3. The molecule has 0 aliphatic heterocycles. The van der Waals surface area contributed by atoms with E-state index < -0.39 is 5.82 Å². The molecule has 0 atom stereocenters. The van der Waals surface area contributed by atoms with Crippen molar-refractivity contribution < 1.29 is 23.4 Å². The first-order chi connectivity index (χ1) is 15.5. The van der Waals surface area contributed by atoms with Gasteiger partial charge < -0.3 is 19.5 Å². The van der Waals surface area contributed by atoms with Gasteiger partial charge in [-0.3, -0.25) is 9.36 Å². The van der Waals surface area contributed by atoms with Crippen molar-refractivity contribution in [2.75, 3.05) is 33.6 Å². The third kappa shape index (κ3) is 4.76. The molecule has 0 spiro atoms. The summed E-state index contributed by atoms with van der Waals surface area (Å²) in [5.41, 5.74) is 0.747. The van der Waals surface area contributed by atoms with E-state index >= 15 is 0 Å². The largest absolute Gasteiger partial charge is 0.493 e. The summed E-state index contributed by atoms with van der Waals surface area (Å²) in [6, 6.07) is 11.4. The van der Waals surface area contributed by atoms with Gasteiger partial charge in [-0.15, -0.1) is 10.2 Å². The molecular formula is C21H20FN5O4S. The van der Waals surface area contributed by atoms with Crippen LogP contribution in [-0.2, 0) is 4.79 Å². The molecule has 0 fully saturated rings. The second-order valence-corrected chi connectivity index (χ2v) is 7.17. The van der Waals surface area contributed by atoms with Crippen LogP contribution in [0.1, 0.15) is 0 Å². The van der Waals surface area contributed by atoms with Crippen molar-refractivity contribution in [2.45, 2.75) is 5.16 Å². The summed E-state index contributed by atoms with van der Waals surface area (Å²) in [5, 5.41) is 19.8. The van der Waals surface area contributed by atoms with Gasteiger partial charge in [0, 0.05) is 5.56 Å². The molecule has 0 radical (unpaired) electrons. The van der Waals surface area contributed by atoms with E-state index in [0.29, 0.717) is 33.8 Å². The quantitative estimate of drug-likeness (QED) is 0.386. The number of aromatic nitrogens is 3. The summed E-state index contributed by atoms with van der Waals surface area (Å²) in [4.78, 5) is 11.9. The second-order valence-electron chi connectivity index (χ2n) is 6.23. The lowest BCUT2D eigenvalue weighted by Gasteiger charge is -2.15. The van der Waals surface area contributed by atoms with E-state index in [9.17, 15) is 9.18 Å². The van der Waals surface area contributed by atoms with Crippen molar-refractivity contribution in [3.8, 4) is 40.4 Å². The van der Waals surface area contributed by atoms with E-state index in [2.05, 4.69) is 15.5 Å². The van der Waals surface area contributed by atoms with E-state index in [1.165, 1.54) is 32.0 Å². The number of nitriles is 1. The minimum Gasteiger partial charge on any atom is -0.493 e. The third-order valence-corrected chi connectivity index (χ3v) is 5.28. The molecule has 32 heavy (non-hydrogen) atoms. The Balaban J connectivity index is 2.11. The lowest BCUT2D eigenvalue weighted by molar-refractivity contribution is -0.118. The average molecular weight is 457 g/mol. The number of nitrogens with zero attached hydrogens (tertiary/aromatic N) is 4. The minimum atomic E-state index is -0.489. The number of halogens is 1. The Bertz CT molecular complexity index is 1140. The maximum Gasteiger partial charge on any atom is 0.231 e. The number of hydrogen-bond donors (Lipinski definition) is 1. The molecule has 0 bridgehead atoms. The van der Waals surface area contributed by atoms with Gasteiger partial charge in [0.25, 0.3) is 0 Å². The van der Waals surface area contributed by atoms with Crippen LogP contribution in [0.2, 0.25) is 0 Å². The zero-order chi connectivity index (χ0) is 23.1. The van der Waals surface area contributed by atoms with Crippen LogP contribution in [-0.4, -0.2) is 54.3 Å². The number of methoxy groups -OCH3 is 3. The van der Waals surface area contributed by atoms with Gasteiger partial charge in [-0.05, 0) is 24.3 Å². The number of para-hydroxylation sites is 1. The molecule has 11 heteroatoms. The fourth-order valence-electron chi connectivity index (χ4n) is 2.93.